The number of likely N-dealkylation sites (tertiary alicyclic amines) is 1. The van der Waals surface area contributed by atoms with Crippen LogP contribution in [-0.4, -0.2) is 57.1 Å². The highest BCUT2D eigenvalue weighted by molar-refractivity contribution is 7.90. The first kappa shape index (κ1) is 17.9. The van der Waals surface area contributed by atoms with Gasteiger partial charge in [0.05, 0.1) is 4.90 Å². The van der Waals surface area contributed by atoms with Gasteiger partial charge in [-0.2, -0.15) is 0 Å². The van der Waals surface area contributed by atoms with Crippen molar-refractivity contribution in [3.05, 3.63) is 29.8 Å². The normalized spacial score (nSPS) is 20.0. The van der Waals surface area contributed by atoms with E-state index in [0.29, 0.717) is 10.8 Å². The van der Waals surface area contributed by atoms with Crippen molar-refractivity contribution in [3.63, 3.8) is 0 Å². The van der Waals surface area contributed by atoms with Gasteiger partial charge >= 0.3 is 0 Å². The first-order valence-corrected chi connectivity index (χ1v) is 9.83. The maximum atomic E-state index is 11.5. The number of hydrogen-bond donors (Lipinski definition) is 0. The number of hydrogen-bond acceptors (Lipinski definition) is 4. The van der Waals surface area contributed by atoms with Crippen LogP contribution in [0.15, 0.2) is 29.2 Å². The van der Waals surface area contributed by atoms with Crippen molar-refractivity contribution in [1.29, 1.82) is 0 Å². The van der Waals surface area contributed by atoms with Crippen molar-refractivity contribution in [2.24, 2.45) is 5.92 Å². The van der Waals surface area contributed by atoms with Gasteiger partial charge in [-0.25, -0.2) is 8.42 Å². The summed E-state index contributed by atoms with van der Waals surface area (Å²) in [5.41, 5.74) is 1.10. The first-order valence-electron chi connectivity index (χ1n) is 7.94. The van der Waals surface area contributed by atoms with Gasteiger partial charge in [-0.1, -0.05) is 12.1 Å². The molecule has 1 heterocycles. The van der Waals surface area contributed by atoms with E-state index in [1.807, 2.05) is 17.0 Å². The summed E-state index contributed by atoms with van der Waals surface area (Å²) < 4.78 is 23.0. The highest BCUT2D eigenvalue weighted by atomic mass is 32.2. The predicted molar refractivity (Wildman–Crippen MR) is 91.0 cm³/mol. The van der Waals surface area contributed by atoms with Crippen molar-refractivity contribution in [2.45, 2.75) is 31.2 Å². The molecule has 1 aromatic rings. The molecule has 5 nitrogen and oxygen atoms in total. The Labute approximate surface area is 139 Å². The minimum Gasteiger partial charge on any atom is -0.343 e. The zero-order chi connectivity index (χ0) is 17.2. The van der Waals surface area contributed by atoms with Crippen LogP contribution in [0.4, 0.5) is 0 Å². The molecule has 0 unspecified atom stereocenters. The molecule has 0 radical (unpaired) electrons. The Morgan fingerprint density at radius 2 is 1.96 bits per heavy atom. The maximum absolute atomic E-state index is 11.5. The summed E-state index contributed by atoms with van der Waals surface area (Å²) in [6.07, 6.45) is 2.27. The number of benzene rings is 1. The van der Waals surface area contributed by atoms with Crippen molar-refractivity contribution < 1.29 is 13.2 Å². The summed E-state index contributed by atoms with van der Waals surface area (Å²) in [4.78, 5) is 15.9. The van der Waals surface area contributed by atoms with Crippen molar-refractivity contribution in [1.82, 2.24) is 9.80 Å². The van der Waals surface area contributed by atoms with Gasteiger partial charge in [0, 0.05) is 38.9 Å². The van der Waals surface area contributed by atoms with Crippen LogP contribution < -0.4 is 0 Å². The van der Waals surface area contributed by atoms with Crippen molar-refractivity contribution in [2.75, 3.05) is 32.9 Å². The molecule has 1 amide bonds. The van der Waals surface area contributed by atoms with E-state index in [1.54, 1.807) is 19.1 Å². The van der Waals surface area contributed by atoms with Crippen LogP contribution in [0.3, 0.4) is 0 Å². The highest BCUT2D eigenvalue weighted by Crippen LogP contribution is 2.24. The fraction of sp³-hybridized carbons (Fsp3) is 0.588. The average molecular weight is 338 g/mol. The number of rotatable bonds is 5. The molecule has 1 aliphatic heterocycles. The topological polar surface area (TPSA) is 57.7 Å². The van der Waals surface area contributed by atoms with E-state index in [-0.39, 0.29) is 11.9 Å². The molecular weight excluding hydrogens is 312 g/mol. The molecule has 0 aromatic heterocycles. The van der Waals surface area contributed by atoms with E-state index in [9.17, 15) is 13.2 Å². The Morgan fingerprint density at radius 3 is 2.43 bits per heavy atom. The first-order chi connectivity index (χ1) is 10.7. The average Bonchev–Trinajstić information content (AvgIpc) is 2.94. The Balaban J connectivity index is 1.97. The Hall–Kier alpha value is -1.40. The number of carbonyl (C=O) groups is 1. The van der Waals surface area contributed by atoms with Crippen LogP contribution in [0.25, 0.3) is 0 Å². The van der Waals surface area contributed by atoms with Crippen LogP contribution in [0.1, 0.15) is 31.9 Å². The van der Waals surface area contributed by atoms with E-state index in [1.165, 1.54) is 6.26 Å². The molecule has 1 aliphatic rings. The molecule has 0 spiro atoms. The summed E-state index contributed by atoms with van der Waals surface area (Å²) in [5.74, 6) is 0.654. The quantitative estimate of drug-likeness (QED) is 0.823. The lowest BCUT2D eigenvalue weighted by molar-refractivity contribution is -0.127. The van der Waals surface area contributed by atoms with Gasteiger partial charge in [0.15, 0.2) is 9.84 Å². The van der Waals surface area contributed by atoms with Crippen LogP contribution in [0.2, 0.25) is 0 Å². The Kier molecular flexibility index (Phi) is 5.47. The molecular formula is C17H26N2O3S. The van der Waals surface area contributed by atoms with Crippen LogP contribution in [0.5, 0.6) is 0 Å². The third-order valence-corrected chi connectivity index (χ3v) is 5.86. The van der Waals surface area contributed by atoms with E-state index in [0.717, 1.165) is 31.6 Å². The smallest absolute Gasteiger partial charge is 0.219 e. The lowest BCUT2D eigenvalue weighted by atomic mass is 10.0. The van der Waals surface area contributed by atoms with Crippen molar-refractivity contribution in [3.8, 4) is 0 Å². The largest absolute Gasteiger partial charge is 0.343 e. The second-order valence-electron chi connectivity index (χ2n) is 6.58. The van der Waals surface area contributed by atoms with Gasteiger partial charge in [-0.15, -0.1) is 0 Å². The predicted octanol–water partition coefficient (Wildman–Crippen LogP) is 1.95. The highest BCUT2D eigenvalue weighted by Gasteiger charge is 2.26. The lowest BCUT2D eigenvalue weighted by Gasteiger charge is -2.28. The fourth-order valence-corrected chi connectivity index (χ4v) is 3.71. The summed E-state index contributed by atoms with van der Waals surface area (Å²) in [5, 5.41) is 0. The molecule has 1 saturated heterocycles. The fourth-order valence-electron chi connectivity index (χ4n) is 3.08. The van der Waals surface area contributed by atoms with Gasteiger partial charge in [0.25, 0.3) is 0 Å². The summed E-state index contributed by atoms with van der Waals surface area (Å²) >= 11 is 0. The summed E-state index contributed by atoms with van der Waals surface area (Å²) in [6.45, 7) is 6.36. The molecule has 2 rings (SSSR count). The molecule has 0 N–H and O–H groups in total. The SMILES string of the molecule is CC(=O)N1CC[C@@H](CN(C)[C@@H](C)c2ccc(S(C)(=O)=O)cc2)C1. The molecule has 0 aliphatic carbocycles. The molecule has 0 saturated carbocycles. The van der Waals surface area contributed by atoms with E-state index in [4.69, 9.17) is 0 Å². The molecule has 128 valence electrons. The minimum absolute atomic E-state index is 0.152. The van der Waals surface area contributed by atoms with Crippen LogP contribution >= 0.6 is 0 Å². The van der Waals surface area contributed by atoms with Crippen LogP contribution in [-0.2, 0) is 14.6 Å². The standard InChI is InChI=1S/C17H26N2O3S/c1-13(16-5-7-17(8-6-16)23(4,21)22)18(3)11-15-9-10-19(12-15)14(2)20/h5-8,13,15H,9-12H2,1-4H3/t13-,15-/m0/s1. The molecule has 1 aromatic carbocycles. The third kappa shape index (κ3) is 4.54. The summed E-state index contributed by atoms with van der Waals surface area (Å²) in [6, 6.07) is 7.31. The lowest BCUT2D eigenvalue weighted by Crippen LogP contribution is -2.31. The number of sulfone groups is 1. The molecule has 0 bridgehead atoms. The second-order valence-corrected chi connectivity index (χ2v) is 8.59. The Morgan fingerprint density at radius 1 is 1.35 bits per heavy atom. The molecule has 2 atom stereocenters. The van der Waals surface area contributed by atoms with Gasteiger partial charge < -0.3 is 4.90 Å². The monoisotopic (exact) mass is 338 g/mol. The van der Waals surface area contributed by atoms with Gasteiger partial charge in [0.1, 0.15) is 0 Å². The molecule has 1 fully saturated rings. The zero-order valence-electron chi connectivity index (χ0n) is 14.3. The summed E-state index contributed by atoms with van der Waals surface area (Å²) in [7, 11) is -1.07. The van der Waals surface area contributed by atoms with Crippen LogP contribution in [0, 0.1) is 5.92 Å². The zero-order valence-corrected chi connectivity index (χ0v) is 15.1. The van der Waals surface area contributed by atoms with E-state index < -0.39 is 9.84 Å². The second kappa shape index (κ2) is 7.01. The van der Waals surface area contributed by atoms with Gasteiger partial charge in [-0.05, 0) is 44.0 Å². The Bertz CT molecular complexity index is 655. The number of nitrogens with zero attached hydrogens (tertiary/aromatic N) is 2. The molecule has 6 heteroatoms. The molecule has 23 heavy (non-hydrogen) atoms. The van der Waals surface area contributed by atoms with Gasteiger partial charge in [0.2, 0.25) is 5.91 Å². The van der Waals surface area contributed by atoms with E-state index in [2.05, 4.69) is 18.9 Å². The maximum Gasteiger partial charge on any atom is 0.219 e. The number of carbonyl (C=O) groups excluding carboxylic acids is 1. The minimum atomic E-state index is -3.15. The number of amides is 1. The van der Waals surface area contributed by atoms with Crippen molar-refractivity contribution >= 4 is 15.7 Å². The third-order valence-electron chi connectivity index (χ3n) is 4.73. The van der Waals surface area contributed by atoms with Gasteiger partial charge in [-0.3, -0.25) is 9.69 Å². The van der Waals surface area contributed by atoms with E-state index >= 15 is 0 Å².